The minimum absolute atomic E-state index is 0.0659. The van der Waals surface area contributed by atoms with Crippen molar-refractivity contribution in [1.29, 1.82) is 0 Å². The maximum Gasteiger partial charge on any atom is 0.387 e. The molecule has 0 bridgehead atoms. The fourth-order valence-electron chi connectivity index (χ4n) is 2.79. The number of carbonyl (C=O) groups is 3. The molecule has 0 saturated carbocycles. The van der Waals surface area contributed by atoms with Crippen LogP contribution in [0.15, 0.2) is 24.3 Å². The van der Waals surface area contributed by atoms with Crippen molar-refractivity contribution in [3.8, 4) is 5.75 Å². The highest BCUT2D eigenvalue weighted by molar-refractivity contribution is 5.84. The molecule has 28 heavy (non-hydrogen) atoms. The Kier molecular flexibility index (Phi) is 8.64. The van der Waals surface area contributed by atoms with Crippen LogP contribution in [0.25, 0.3) is 0 Å². The van der Waals surface area contributed by atoms with Gasteiger partial charge in [-0.1, -0.05) is 18.6 Å². The summed E-state index contributed by atoms with van der Waals surface area (Å²) in [5.74, 6) is -1.06. The van der Waals surface area contributed by atoms with E-state index in [2.05, 4.69) is 10.1 Å². The van der Waals surface area contributed by atoms with Gasteiger partial charge in [-0.2, -0.15) is 8.78 Å². The lowest BCUT2D eigenvalue weighted by atomic mass is 10.1. The molecule has 1 aliphatic heterocycles. The highest BCUT2D eigenvalue weighted by Crippen LogP contribution is 2.15. The average molecular weight is 398 g/mol. The zero-order valence-electron chi connectivity index (χ0n) is 15.5. The third-order valence-electron chi connectivity index (χ3n) is 4.24. The first-order valence-corrected chi connectivity index (χ1v) is 9.18. The average Bonchev–Trinajstić information content (AvgIpc) is 2.85. The highest BCUT2D eigenvalue weighted by atomic mass is 19.3. The van der Waals surface area contributed by atoms with Gasteiger partial charge in [-0.05, 0) is 37.0 Å². The Morgan fingerprint density at radius 3 is 2.61 bits per heavy atom. The number of amides is 2. The van der Waals surface area contributed by atoms with E-state index < -0.39 is 25.1 Å². The maximum atomic E-state index is 12.1. The Labute approximate surface area is 162 Å². The van der Waals surface area contributed by atoms with Gasteiger partial charge in [0.25, 0.3) is 5.91 Å². The highest BCUT2D eigenvalue weighted by Gasteiger charge is 2.20. The van der Waals surface area contributed by atoms with Gasteiger partial charge in [0.15, 0.2) is 6.61 Å². The topological polar surface area (TPSA) is 84.9 Å². The lowest BCUT2D eigenvalue weighted by Gasteiger charge is -2.19. The second-order valence-electron chi connectivity index (χ2n) is 6.41. The molecule has 2 rings (SSSR count). The van der Waals surface area contributed by atoms with Crippen LogP contribution < -0.4 is 10.1 Å². The Balaban J connectivity index is 1.62. The van der Waals surface area contributed by atoms with Crippen molar-refractivity contribution in [3.63, 3.8) is 0 Å². The maximum absolute atomic E-state index is 12.1. The molecule has 0 aromatic heterocycles. The van der Waals surface area contributed by atoms with Gasteiger partial charge in [0.1, 0.15) is 12.3 Å². The molecule has 1 aromatic carbocycles. The number of carbonyl (C=O) groups excluding carboxylic acids is 3. The van der Waals surface area contributed by atoms with E-state index in [0.717, 1.165) is 24.8 Å². The van der Waals surface area contributed by atoms with E-state index in [9.17, 15) is 23.2 Å². The SMILES string of the molecule is O=C(COC(=O)CN1CCCCCC1=O)NCCc1ccc(OC(F)F)cc1. The number of hydrogen-bond donors (Lipinski definition) is 1. The van der Waals surface area contributed by atoms with Gasteiger partial charge in [-0.15, -0.1) is 0 Å². The van der Waals surface area contributed by atoms with E-state index in [1.165, 1.54) is 17.0 Å². The van der Waals surface area contributed by atoms with Crippen molar-refractivity contribution in [2.45, 2.75) is 38.7 Å². The fraction of sp³-hybridized carbons (Fsp3) is 0.526. The largest absolute Gasteiger partial charge is 0.454 e. The molecule has 2 amide bonds. The molecule has 7 nitrogen and oxygen atoms in total. The molecule has 1 saturated heterocycles. The van der Waals surface area contributed by atoms with E-state index in [0.29, 0.717) is 25.9 Å². The fourth-order valence-corrected chi connectivity index (χ4v) is 2.79. The van der Waals surface area contributed by atoms with E-state index in [4.69, 9.17) is 4.74 Å². The summed E-state index contributed by atoms with van der Waals surface area (Å²) in [5.41, 5.74) is 0.832. The van der Waals surface area contributed by atoms with E-state index >= 15 is 0 Å². The number of halogens is 2. The monoisotopic (exact) mass is 398 g/mol. The standard InChI is InChI=1S/C19H24F2N2O5/c20-19(21)28-15-7-5-14(6-8-15)9-10-22-16(24)13-27-18(26)12-23-11-3-1-2-4-17(23)25/h5-8,19H,1-4,9-13H2,(H,22,24). The Hall–Kier alpha value is -2.71. The normalized spacial score (nSPS) is 14.5. The molecule has 1 heterocycles. The Morgan fingerprint density at radius 2 is 1.89 bits per heavy atom. The summed E-state index contributed by atoms with van der Waals surface area (Å²) in [6.07, 6.45) is 3.56. The predicted molar refractivity (Wildman–Crippen MR) is 95.8 cm³/mol. The van der Waals surface area contributed by atoms with E-state index in [-0.39, 0.29) is 18.2 Å². The molecule has 1 fully saturated rings. The van der Waals surface area contributed by atoms with Crippen LogP contribution in [-0.2, 0) is 25.5 Å². The molecule has 9 heteroatoms. The zero-order valence-corrected chi connectivity index (χ0v) is 15.5. The summed E-state index contributed by atoms with van der Waals surface area (Å²) in [6.45, 7) is -2.59. The first-order chi connectivity index (χ1) is 13.4. The lowest BCUT2D eigenvalue weighted by molar-refractivity contribution is -0.152. The molecule has 0 radical (unpaired) electrons. The zero-order chi connectivity index (χ0) is 20.4. The molecule has 0 spiro atoms. The van der Waals surface area contributed by atoms with Crippen molar-refractivity contribution in [3.05, 3.63) is 29.8 Å². The van der Waals surface area contributed by atoms with Crippen molar-refractivity contribution >= 4 is 17.8 Å². The molecule has 1 aliphatic rings. The number of nitrogens with one attached hydrogen (secondary N) is 1. The van der Waals surface area contributed by atoms with Gasteiger partial charge in [0, 0.05) is 19.5 Å². The van der Waals surface area contributed by atoms with Crippen LogP contribution in [-0.4, -0.2) is 55.5 Å². The molecule has 154 valence electrons. The second-order valence-corrected chi connectivity index (χ2v) is 6.41. The molecule has 0 unspecified atom stereocenters. The summed E-state index contributed by atoms with van der Waals surface area (Å²) in [4.78, 5) is 36.9. The number of esters is 1. The molecule has 1 N–H and O–H groups in total. The van der Waals surface area contributed by atoms with Crippen LogP contribution >= 0.6 is 0 Å². The van der Waals surface area contributed by atoms with Crippen LogP contribution in [0, 0.1) is 0 Å². The summed E-state index contributed by atoms with van der Waals surface area (Å²) < 4.78 is 33.3. The molecular weight excluding hydrogens is 374 g/mol. The molecular formula is C19H24F2N2O5. The number of rotatable bonds is 9. The first kappa shape index (κ1) is 21.6. The van der Waals surface area contributed by atoms with Crippen LogP contribution in [0.1, 0.15) is 31.2 Å². The van der Waals surface area contributed by atoms with Crippen molar-refractivity contribution < 1.29 is 32.6 Å². The predicted octanol–water partition coefficient (Wildman–Crippen LogP) is 1.89. The molecule has 0 aliphatic carbocycles. The van der Waals surface area contributed by atoms with Crippen molar-refractivity contribution in [1.82, 2.24) is 10.2 Å². The number of hydrogen-bond acceptors (Lipinski definition) is 5. The molecule has 0 atom stereocenters. The first-order valence-electron chi connectivity index (χ1n) is 9.18. The van der Waals surface area contributed by atoms with Gasteiger partial charge >= 0.3 is 12.6 Å². The molecule has 1 aromatic rings. The Morgan fingerprint density at radius 1 is 1.14 bits per heavy atom. The quantitative estimate of drug-likeness (QED) is 0.642. The third kappa shape index (κ3) is 7.89. The van der Waals surface area contributed by atoms with Crippen LogP contribution in [0.5, 0.6) is 5.75 Å². The van der Waals surface area contributed by atoms with Gasteiger partial charge in [0.2, 0.25) is 5.91 Å². The van der Waals surface area contributed by atoms with Crippen LogP contribution in [0.4, 0.5) is 8.78 Å². The number of benzene rings is 1. The summed E-state index contributed by atoms with van der Waals surface area (Å²) in [7, 11) is 0. The smallest absolute Gasteiger partial charge is 0.387 e. The number of alkyl halides is 2. The number of ether oxygens (including phenoxy) is 2. The van der Waals surface area contributed by atoms with Gasteiger partial charge < -0.3 is 19.7 Å². The van der Waals surface area contributed by atoms with Crippen molar-refractivity contribution in [2.24, 2.45) is 0 Å². The van der Waals surface area contributed by atoms with E-state index in [1.54, 1.807) is 12.1 Å². The third-order valence-corrected chi connectivity index (χ3v) is 4.24. The summed E-state index contributed by atoms with van der Waals surface area (Å²) in [5, 5.41) is 2.61. The van der Waals surface area contributed by atoms with Crippen LogP contribution in [0.3, 0.4) is 0 Å². The number of nitrogens with zero attached hydrogens (tertiary/aromatic N) is 1. The van der Waals surface area contributed by atoms with Crippen LogP contribution in [0.2, 0.25) is 0 Å². The van der Waals surface area contributed by atoms with Gasteiger partial charge in [0.05, 0.1) is 0 Å². The minimum atomic E-state index is -2.87. The van der Waals surface area contributed by atoms with Crippen molar-refractivity contribution in [2.75, 3.05) is 26.2 Å². The minimum Gasteiger partial charge on any atom is -0.454 e. The second kappa shape index (κ2) is 11.2. The summed E-state index contributed by atoms with van der Waals surface area (Å²) in [6, 6.07) is 6.11. The summed E-state index contributed by atoms with van der Waals surface area (Å²) >= 11 is 0. The van der Waals surface area contributed by atoms with E-state index in [1.807, 2.05) is 0 Å². The Bertz CT molecular complexity index is 667. The van der Waals surface area contributed by atoms with Gasteiger partial charge in [-0.3, -0.25) is 14.4 Å². The lowest BCUT2D eigenvalue weighted by Crippen LogP contribution is -2.37. The number of likely N-dealkylation sites (tertiary alicyclic amines) is 1. The van der Waals surface area contributed by atoms with Gasteiger partial charge in [-0.25, -0.2) is 0 Å².